The molecule has 0 heterocycles. The third kappa shape index (κ3) is 8.12. The maximum atomic E-state index is 11.6. The molecule has 116 valence electrons. The van der Waals surface area contributed by atoms with Crippen LogP contribution in [0.25, 0.3) is 0 Å². The van der Waals surface area contributed by atoms with Gasteiger partial charge in [0.15, 0.2) is 0 Å². The molecule has 1 aromatic rings. The topological polar surface area (TPSA) is 52.6 Å². The van der Waals surface area contributed by atoms with Crippen LogP contribution in [0.5, 0.6) is 5.75 Å². The Morgan fingerprint density at radius 2 is 1.81 bits per heavy atom. The van der Waals surface area contributed by atoms with Crippen LogP contribution in [-0.2, 0) is 14.3 Å². The number of esters is 2. The van der Waals surface area contributed by atoms with Crippen LogP contribution in [0, 0.1) is 6.92 Å². The minimum Gasteiger partial charge on any atom is -0.466 e. The molecule has 0 spiro atoms. The molecule has 0 fully saturated rings. The molecule has 0 N–H and O–H groups in total. The number of rotatable bonds is 9. The van der Waals surface area contributed by atoms with Crippen LogP contribution in [0.2, 0.25) is 0 Å². The lowest BCUT2D eigenvalue weighted by Gasteiger charge is -2.06. The first-order valence-corrected chi connectivity index (χ1v) is 7.54. The molecule has 0 atom stereocenters. The van der Waals surface area contributed by atoms with Crippen molar-refractivity contribution < 1.29 is 19.1 Å². The summed E-state index contributed by atoms with van der Waals surface area (Å²) in [6, 6.07) is 7.25. The van der Waals surface area contributed by atoms with E-state index in [1.807, 2.05) is 19.1 Å². The van der Waals surface area contributed by atoms with E-state index in [0.29, 0.717) is 12.4 Å². The molecular weight excluding hydrogens is 268 g/mol. The summed E-state index contributed by atoms with van der Waals surface area (Å²) in [5.41, 5.74) is 1.02. The molecule has 1 aromatic carbocycles. The van der Waals surface area contributed by atoms with Gasteiger partial charge in [0, 0.05) is 0 Å². The largest absolute Gasteiger partial charge is 0.466 e. The molecule has 0 saturated carbocycles. The zero-order chi connectivity index (χ0) is 15.5. The Bertz CT molecular complexity index is 454. The van der Waals surface area contributed by atoms with Crippen molar-refractivity contribution in [1.82, 2.24) is 0 Å². The zero-order valence-corrected chi connectivity index (χ0v) is 12.9. The first-order chi connectivity index (χ1) is 10.1. The van der Waals surface area contributed by atoms with E-state index in [1.165, 1.54) is 0 Å². The molecule has 0 radical (unpaired) electrons. The Morgan fingerprint density at radius 1 is 1.05 bits per heavy atom. The third-order valence-electron chi connectivity index (χ3n) is 3.02. The summed E-state index contributed by atoms with van der Waals surface area (Å²) < 4.78 is 10.2. The second-order valence-corrected chi connectivity index (χ2v) is 5.07. The molecule has 0 amide bonds. The van der Waals surface area contributed by atoms with Gasteiger partial charge in [-0.3, -0.25) is 9.59 Å². The Kier molecular flexibility index (Phi) is 8.17. The lowest BCUT2D eigenvalue weighted by Crippen LogP contribution is -2.12. The number of aryl methyl sites for hydroxylation is 1. The summed E-state index contributed by atoms with van der Waals surface area (Å²) in [6.45, 7) is 4.49. The van der Waals surface area contributed by atoms with Gasteiger partial charge in [-0.15, -0.1) is 0 Å². The maximum absolute atomic E-state index is 11.6. The van der Waals surface area contributed by atoms with Crippen molar-refractivity contribution in [1.29, 1.82) is 0 Å². The summed E-state index contributed by atoms with van der Waals surface area (Å²) in [7, 11) is 0. The highest BCUT2D eigenvalue weighted by atomic mass is 16.5. The standard InChI is InChI=1S/C17H24O4/c1-3-4-5-6-12-20-16(18)10-11-17(19)21-15-9-7-8-14(2)13-15/h7-9,13H,3-6,10-12H2,1-2H3. The van der Waals surface area contributed by atoms with Crippen LogP contribution < -0.4 is 4.74 Å². The molecule has 1 rings (SSSR count). The predicted molar refractivity (Wildman–Crippen MR) is 81.1 cm³/mol. The average molecular weight is 292 g/mol. The summed E-state index contributed by atoms with van der Waals surface area (Å²) in [5.74, 6) is -0.246. The van der Waals surface area contributed by atoms with Crippen molar-refractivity contribution in [2.75, 3.05) is 6.61 Å². The molecule has 0 bridgehead atoms. The van der Waals surface area contributed by atoms with E-state index in [9.17, 15) is 9.59 Å². The molecule has 4 heteroatoms. The molecule has 0 saturated heterocycles. The fourth-order valence-corrected chi connectivity index (χ4v) is 1.85. The van der Waals surface area contributed by atoms with Crippen LogP contribution in [0.15, 0.2) is 24.3 Å². The van der Waals surface area contributed by atoms with E-state index in [1.54, 1.807) is 12.1 Å². The Hall–Kier alpha value is -1.84. The van der Waals surface area contributed by atoms with Crippen molar-refractivity contribution >= 4 is 11.9 Å². The van der Waals surface area contributed by atoms with Gasteiger partial charge in [-0.25, -0.2) is 0 Å². The highest BCUT2D eigenvalue weighted by Crippen LogP contribution is 2.13. The van der Waals surface area contributed by atoms with Crippen LogP contribution in [0.1, 0.15) is 51.0 Å². The number of hydrogen-bond donors (Lipinski definition) is 0. The highest BCUT2D eigenvalue weighted by molar-refractivity contribution is 5.79. The summed E-state index contributed by atoms with van der Waals surface area (Å²) in [5, 5.41) is 0. The van der Waals surface area contributed by atoms with E-state index >= 15 is 0 Å². The minimum absolute atomic E-state index is 0.0434. The van der Waals surface area contributed by atoms with Gasteiger partial charge in [0.1, 0.15) is 5.75 Å². The van der Waals surface area contributed by atoms with Gasteiger partial charge >= 0.3 is 11.9 Å². The van der Waals surface area contributed by atoms with Crippen molar-refractivity contribution in [3.63, 3.8) is 0 Å². The van der Waals surface area contributed by atoms with Crippen LogP contribution in [0.3, 0.4) is 0 Å². The number of carbonyl (C=O) groups is 2. The van der Waals surface area contributed by atoms with Crippen LogP contribution in [0.4, 0.5) is 0 Å². The van der Waals surface area contributed by atoms with Gasteiger partial charge in [0.25, 0.3) is 0 Å². The number of carbonyl (C=O) groups excluding carboxylic acids is 2. The third-order valence-corrected chi connectivity index (χ3v) is 3.02. The SMILES string of the molecule is CCCCCCOC(=O)CCC(=O)Oc1cccc(C)c1. The van der Waals surface area contributed by atoms with Gasteiger partial charge in [-0.2, -0.15) is 0 Å². The van der Waals surface area contributed by atoms with E-state index in [4.69, 9.17) is 9.47 Å². The van der Waals surface area contributed by atoms with E-state index in [0.717, 1.165) is 31.2 Å². The van der Waals surface area contributed by atoms with Crippen molar-refractivity contribution in [2.45, 2.75) is 52.4 Å². The first kappa shape index (κ1) is 17.2. The normalized spacial score (nSPS) is 10.2. The second-order valence-electron chi connectivity index (χ2n) is 5.07. The Balaban J connectivity index is 2.16. The predicted octanol–water partition coefficient (Wildman–Crippen LogP) is 3.80. The first-order valence-electron chi connectivity index (χ1n) is 7.54. The molecule has 4 nitrogen and oxygen atoms in total. The fourth-order valence-electron chi connectivity index (χ4n) is 1.85. The number of hydrogen-bond acceptors (Lipinski definition) is 4. The van der Waals surface area contributed by atoms with Crippen LogP contribution in [-0.4, -0.2) is 18.5 Å². The Labute approximate surface area is 126 Å². The number of unbranched alkanes of at least 4 members (excludes halogenated alkanes) is 3. The summed E-state index contributed by atoms with van der Waals surface area (Å²) in [4.78, 5) is 23.1. The van der Waals surface area contributed by atoms with Gasteiger partial charge in [0.05, 0.1) is 19.4 Å². The minimum atomic E-state index is -0.413. The average Bonchev–Trinajstić information content (AvgIpc) is 2.45. The molecule has 0 aromatic heterocycles. The van der Waals surface area contributed by atoms with Gasteiger partial charge in [-0.05, 0) is 31.0 Å². The molecular formula is C17H24O4. The van der Waals surface area contributed by atoms with E-state index in [2.05, 4.69) is 6.92 Å². The smallest absolute Gasteiger partial charge is 0.311 e. The second kappa shape index (κ2) is 9.97. The zero-order valence-electron chi connectivity index (χ0n) is 12.9. The molecule has 0 aliphatic rings. The lowest BCUT2D eigenvalue weighted by atomic mass is 10.2. The molecule has 21 heavy (non-hydrogen) atoms. The van der Waals surface area contributed by atoms with Crippen molar-refractivity contribution in [3.8, 4) is 5.75 Å². The van der Waals surface area contributed by atoms with Crippen molar-refractivity contribution in [2.24, 2.45) is 0 Å². The summed E-state index contributed by atoms with van der Waals surface area (Å²) in [6.07, 6.45) is 4.37. The van der Waals surface area contributed by atoms with Crippen LogP contribution >= 0.6 is 0 Å². The Morgan fingerprint density at radius 3 is 2.52 bits per heavy atom. The number of ether oxygens (including phenoxy) is 2. The lowest BCUT2D eigenvalue weighted by molar-refractivity contribution is -0.147. The van der Waals surface area contributed by atoms with Gasteiger partial charge in [0.2, 0.25) is 0 Å². The van der Waals surface area contributed by atoms with Gasteiger partial charge in [-0.1, -0.05) is 38.3 Å². The summed E-state index contributed by atoms with van der Waals surface area (Å²) >= 11 is 0. The van der Waals surface area contributed by atoms with E-state index in [-0.39, 0.29) is 18.8 Å². The maximum Gasteiger partial charge on any atom is 0.311 e. The van der Waals surface area contributed by atoms with Crippen molar-refractivity contribution in [3.05, 3.63) is 29.8 Å². The van der Waals surface area contributed by atoms with Gasteiger partial charge < -0.3 is 9.47 Å². The quantitative estimate of drug-likeness (QED) is 0.394. The molecule has 0 aliphatic carbocycles. The fraction of sp³-hybridized carbons (Fsp3) is 0.529. The van der Waals surface area contributed by atoms with E-state index < -0.39 is 5.97 Å². The number of benzene rings is 1. The molecule has 0 aliphatic heterocycles. The highest BCUT2D eigenvalue weighted by Gasteiger charge is 2.10. The monoisotopic (exact) mass is 292 g/mol. The molecule has 0 unspecified atom stereocenters.